The number of fused-ring (bicyclic) bond motifs is 1. The molecule has 4 heterocycles. The first-order valence-corrected chi connectivity index (χ1v) is 7.71. The Bertz CT molecular complexity index is 780. The lowest BCUT2D eigenvalue weighted by Crippen LogP contribution is -2.50. The lowest BCUT2D eigenvalue weighted by molar-refractivity contribution is 0.424. The summed E-state index contributed by atoms with van der Waals surface area (Å²) in [6.45, 7) is 2.78. The van der Waals surface area contributed by atoms with Gasteiger partial charge in [-0.3, -0.25) is 0 Å². The van der Waals surface area contributed by atoms with Crippen molar-refractivity contribution in [3.8, 4) is 0 Å². The smallest absolute Gasteiger partial charge is 0.222 e. The second kappa shape index (κ2) is 5.48. The van der Waals surface area contributed by atoms with E-state index in [0.29, 0.717) is 11.9 Å². The van der Waals surface area contributed by atoms with E-state index in [9.17, 15) is 0 Å². The van der Waals surface area contributed by atoms with Crippen LogP contribution in [0.4, 0.5) is 11.8 Å². The van der Waals surface area contributed by atoms with E-state index < -0.39 is 0 Å². The lowest BCUT2D eigenvalue weighted by Gasteiger charge is -2.40. The molecule has 0 unspecified atom stereocenters. The van der Waals surface area contributed by atoms with E-state index in [4.69, 9.17) is 0 Å². The topological polar surface area (TPSA) is 84.1 Å². The van der Waals surface area contributed by atoms with E-state index in [1.807, 2.05) is 12.1 Å². The average molecular weight is 361 g/mol. The van der Waals surface area contributed by atoms with Gasteiger partial charge in [-0.25, -0.2) is 9.97 Å². The van der Waals surface area contributed by atoms with Crippen LogP contribution < -0.4 is 10.2 Å². The predicted molar refractivity (Wildman–Crippen MR) is 84.7 cm³/mol. The van der Waals surface area contributed by atoms with Crippen LogP contribution in [0.15, 0.2) is 35.3 Å². The summed E-state index contributed by atoms with van der Waals surface area (Å²) in [5.41, 5.74) is 0.759. The molecule has 1 aliphatic heterocycles. The third-order valence-corrected chi connectivity index (χ3v) is 4.01. The van der Waals surface area contributed by atoms with Crippen molar-refractivity contribution in [2.75, 3.05) is 29.9 Å². The van der Waals surface area contributed by atoms with Crippen LogP contribution >= 0.6 is 15.9 Å². The van der Waals surface area contributed by atoms with Gasteiger partial charge in [0.05, 0.1) is 4.47 Å². The molecule has 4 rings (SSSR count). The van der Waals surface area contributed by atoms with Crippen molar-refractivity contribution in [2.24, 2.45) is 5.92 Å². The molecule has 0 bridgehead atoms. The third-order valence-electron chi connectivity index (χ3n) is 3.60. The molecule has 112 valence electrons. The van der Waals surface area contributed by atoms with Crippen molar-refractivity contribution < 1.29 is 0 Å². The van der Waals surface area contributed by atoms with Gasteiger partial charge in [0.25, 0.3) is 0 Å². The fraction of sp³-hybridized carbons (Fsp3) is 0.308. The van der Waals surface area contributed by atoms with Gasteiger partial charge in [-0.2, -0.15) is 4.52 Å². The summed E-state index contributed by atoms with van der Waals surface area (Å²) < 4.78 is 2.57. The average Bonchev–Trinajstić information content (AvgIpc) is 2.95. The summed E-state index contributed by atoms with van der Waals surface area (Å²) in [4.78, 5) is 10.6. The van der Waals surface area contributed by atoms with Crippen molar-refractivity contribution in [1.29, 1.82) is 0 Å². The molecule has 8 nitrogen and oxygen atoms in total. The molecule has 3 aromatic heterocycles. The first-order chi connectivity index (χ1) is 10.8. The van der Waals surface area contributed by atoms with E-state index in [0.717, 1.165) is 35.6 Å². The maximum atomic E-state index is 4.49. The van der Waals surface area contributed by atoms with Crippen LogP contribution in [0.25, 0.3) is 5.65 Å². The van der Waals surface area contributed by atoms with Crippen molar-refractivity contribution >= 4 is 33.3 Å². The zero-order valence-corrected chi connectivity index (χ0v) is 13.2. The largest absolute Gasteiger partial charge is 0.354 e. The molecule has 0 saturated carbocycles. The Morgan fingerprint density at radius 1 is 1.23 bits per heavy atom. The molecule has 0 amide bonds. The molecule has 1 N–H and O–H groups in total. The number of hydrogen-bond acceptors (Lipinski definition) is 7. The Hall–Kier alpha value is -2.29. The monoisotopic (exact) mass is 360 g/mol. The minimum atomic E-state index is 0.561. The second-order valence-electron chi connectivity index (χ2n) is 5.20. The Kier molecular flexibility index (Phi) is 3.34. The Labute approximate surface area is 134 Å². The standard InChI is InChI=1S/C13H13BrN8/c14-10-4-16-13(17-5-10)15-3-9-6-21(7-9)12-2-1-11-19-18-8-22(11)20-12/h1-2,4-5,8-9H,3,6-7H2,(H,15,16,17). The molecule has 1 fully saturated rings. The SMILES string of the molecule is Brc1cnc(NCC2CN(c3ccc4nncn4n3)C2)nc1. The zero-order valence-electron chi connectivity index (χ0n) is 11.6. The predicted octanol–water partition coefficient (Wildman–Crippen LogP) is 1.23. The molecular weight excluding hydrogens is 348 g/mol. The fourth-order valence-electron chi connectivity index (χ4n) is 2.41. The quantitative estimate of drug-likeness (QED) is 0.748. The summed E-state index contributed by atoms with van der Waals surface area (Å²) in [5.74, 6) is 2.17. The molecule has 22 heavy (non-hydrogen) atoms. The van der Waals surface area contributed by atoms with Gasteiger partial charge in [-0.05, 0) is 28.1 Å². The van der Waals surface area contributed by atoms with Crippen LogP contribution in [-0.4, -0.2) is 49.4 Å². The Balaban J connectivity index is 1.32. The first-order valence-electron chi connectivity index (χ1n) is 6.91. The highest BCUT2D eigenvalue weighted by Crippen LogP contribution is 2.22. The number of hydrogen-bond donors (Lipinski definition) is 1. The molecule has 0 aliphatic carbocycles. The Morgan fingerprint density at radius 2 is 2.05 bits per heavy atom. The van der Waals surface area contributed by atoms with Crippen LogP contribution in [0.1, 0.15) is 0 Å². The minimum absolute atomic E-state index is 0.561. The molecule has 0 radical (unpaired) electrons. The summed E-state index contributed by atoms with van der Waals surface area (Å²) in [7, 11) is 0. The van der Waals surface area contributed by atoms with E-state index in [-0.39, 0.29) is 0 Å². The van der Waals surface area contributed by atoms with Gasteiger partial charge in [0.2, 0.25) is 5.95 Å². The van der Waals surface area contributed by atoms with Gasteiger partial charge >= 0.3 is 0 Å². The molecular formula is C13H13BrN8. The first kappa shape index (κ1) is 13.4. The van der Waals surface area contributed by atoms with Crippen LogP contribution in [-0.2, 0) is 0 Å². The number of aromatic nitrogens is 6. The summed E-state index contributed by atoms with van der Waals surface area (Å²) in [6, 6.07) is 3.90. The zero-order chi connectivity index (χ0) is 14.9. The van der Waals surface area contributed by atoms with Crippen molar-refractivity contribution in [2.45, 2.75) is 0 Å². The van der Waals surface area contributed by atoms with Crippen LogP contribution in [0.2, 0.25) is 0 Å². The number of anilines is 2. The number of nitrogens with one attached hydrogen (secondary N) is 1. The maximum Gasteiger partial charge on any atom is 0.222 e. The normalized spacial score (nSPS) is 15.0. The number of nitrogens with zero attached hydrogens (tertiary/aromatic N) is 7. The van der Waals surface area contributed by atoms with E-state index in [1.54, 1.807) is 23.2 Å². The van der Waals surface area contributed by atoms with Crippen LogP contribution in [0.3, 0.4) is 0 Å². The van der Waals surface area contributed by atoms with Crippen molar-refractivity contribution in [1.82, 2.24) is 29.8 Å². The van der Waals surface area contributed by atoms with Gasteiger partial charge in [0.1, 0.15) is 12.1 Å². The van der Waals surface area contributed by atoms with Gasteiger partial charge in [0.15, 0.2) is 5.65 Å². The highest BCUT2D eigenvalue weighted by Gasteiger charge is 2.28. The number of halogens is 1. The molecule has 0 spiro atoms. The molecule has 1 saturated heterocycles. The maximum absolute atomic E-state index is 4.49. The van der Waals surface area contributed by atoms with Gasteiger partial charge in [-0.1, -0.05) is 0 Å². The molecule has 3 aromatic rings. The second-order valence-corrected chi connectivity index (χ2v) is 6.12. The van der Waals surface area contributed by atoms with Crippen LogP contribution in [0, 0.1) is 5.92 Å². The highest BCUT2D eigenvalue weighted by molar-refractivity contribution is 9.10. The highest BCUT2D eigenvalue weighted by atomic mass is 79.9. The van der Waals surface area contributed by atoms with Gasteiger partial charge in [-0.15, -0.1) is 15.3 Å². The summed E-state index contributed by atoms with van der Waals surface area (Å²) in [6.07, 6.45) is 5.09. The summed E-state index contributed by atoms with van der Waals surface area (Å²) >= 11 is 3.32. The van der Waals surface area contributed by atoms with Crippen molar-refractivity contribution in [3.63, 3.8) is 0 Å². The number of rotatable bonds is 4. The molecule has 1 aliphatic rings. The van der Waals surface area contributed by atoms with Gasteiger partial charge < -0.3 is 10.2 Å². The van der Waals surface area contributed by atoms with E-state index in [1.165, 1.54) is 0 Å². The van der Waals surface area contributed by atoms with Gasteiger partial charge in [0, 0.05) is 37.9 Å². The minimum Gasteiger partial charge on any atom is -0.354 e. The van der Waals surface area contributed by atoms with E-state index in [2.05, 4.69) is 51.4 Å². The Morgan fingerprint density at radius 3 is 2.86 bits per heavy atom. The fourth-order valence-corrected chi connectivity index (χ4v) is 2.62. The lowest BCUT2D eigenvalue weighted by atomic mass is 10.0. The third kappa shape index (κ3) is 2.59. The molecule has 9 heteroatoms. The van der Waals surface area contributed by atoms with Crippen molar-refractivity contribution in [3.05, 3.63) is 35.3 Å². The molecule has 0 atom stereocenters. The van der Waals surface area contributed by atoms with E-state index >= 15 is 0 Å². The van der Waals surface area contributed by atoms with Crippen LogP contribution in [0.5, 0.6) is 0 Å². The summed E-state index contributed by atoms with van der Waals surface area (Å²) in [5, 5.41) is 15.5. The molecule has 0 aromatic carbocycles.